The molecule has 124 valence electrons. The Bertz CT molecular complexity index is 790. The average molecular weight is 325 g/mol. The van der Waals surface area contributed by atoms with Gasteiger partial charge in [0.25, 0.3) is 0 Å². The lowest BCUT2D eigenvalue weighted by Gasteiger charge is -2.22. The van der Waals surface area contributed by atoms with Crippen LogP contribution in [-0.4, -0.2) is 39.4 Å². The fourth-order valence-electron chi connectivity index (χ4n) is 2.19. The molecular formula is C17H19N5O2. The number of aryl methyl sites for hydroxylation is 1. The smallest absolute Gasteiger partial charge is 0.313 e. The topological polar surface area (TPSA) is 91.0 Å². The van der Waals surface area contributed by atoms with Gasteiger partial charge in [-0.05, 0) is 19.1 Å². The zero-order chi connectivity index (χ0) is 17.7. The number of aromatic nitrogens is 2. The maximum atomic E-state index is 12.1. The van der Waals surface area contributed by atoms with E-state index in [0.29, 0.717) is 5.69 Å². The molecule has 0 aliphatic carbocycles. The predicted octanol–water partition coefficient (Wildman–Crippen LogP) is 1.79. The highest BCUT2D eigenvalue weighted by atomic mass is 16.2. The molecule has 0 aliphatic heterocycles. The van der Waals surface area contributed by atoms with E-state index in [1.165, 1.54) is 11.9 Å². The van der Waals surface area contributed by atoms with E-state index in [2.05, 4.69) is 10.3 Å². The largest absolute Gasteiger partial charge is 0.334 e. The van der Waals surface area contributed by atoms with Crippen molar-refractivity contribution in [3.05, 3.63) is 36.7 Å². The third kappa shape index (κ3) is 3.79. The van der Waals surface area contributed by atoms with Gasteiger partial charge in [-0.25, -0.2) is 4.98 Å². The molecule has 0 fully saturated rings. The molecule has 1 aromatic heterocycles. The lowest BCUT2D eigenvalue weighted by Crippen LogP contribution is -2.42. The van der Waals surface area contributed by atoms with Crippen LogP contribution in [0.5, 0.6) is 0 Å². The summed E-state index contributed by atoms with van der Waals surface area (Å²) in [5.41, 5.74) is 1.34. The summed E-state index contributed by atoms with van der Waals surface area (Å²) in [5.74, 6) is -0.656. The quantitative estimate of drug-likeness (QED) is 0.868. The molecule has 1 atom stereocenters. The summed E-state index contributed by atoms with van der Waals surface area (Å²) in [6.07, 6.45) is 3.69. The number of rotatable bonds is 4. The second-order valence-corrected chi connectivity index (χ2v) is 5.52. The molecule has 2 amide bonds. The third-order valence-corrected chi connectivity index (χ3v) is 3.76. The fourth-order valence-corrected chi connectivity index (χ4v) is 2.19. The van der Waals surface area contributed by atoms with Crippen LogP contribution in [0, 0.1) is 11.3 Å². The number of amides is 2. The van der Waals surface area contributed by atoms with Crippen LogP contribution >= 0.6 is 0 Å². The van der Waals surface area contributed by atoms with Gasteiger partial charge in [0, 0.05) is 43.8 Å². The molecule has 1 unspecified atom stereocenters. The van der Waals surface area contributed by atoms with Crippen molar-refractivity contribution < 1.29 is 9.59 Å². The first kappa shape index (κ1) is 17.2. The number of benzene rings is 1. The van der Waals surface area contributed by atoms with Gasteiger partial charge in [0.05, 0.1) is 12.5 Å². The molecule has 0 aliphatic rings. The van der Waals surface area contributed by atoms with Gasteiger partial charge in [0.2, 0.25) is 0 Å². The van der Waals surface area contributed by atoms with E-state index in [0.717, 1.165) is 11.4 Å². The van der Waals surface area contributed by atoms with Crippen molar-refractivity contribution in [2.75, 3.05) is 12.4 Å². The van der Waals surface area contributed by atoms with E-state index in [9.17, 15) is 9.59 Å². The van der Waals surface area contributed by atoms with Crippen LogP contribution in [0.1, 0.15) is 13.3 Å². The first-order chi connectivity index (χ1) is 11.4. The van der Waals surface area contributed by atoms with Crippen molar-refractivity contribution in [2.45, 2.75) is 19.4 Å². The Hall–Kier alpha value is -3.14. The van der Waals surface area contributed by atoms with Crippen LogP contribution in [0.4, 0.5) is 5.69 Å². The summed E-state index contributed by atoms with van der Waals surface area (Å²) in [5, 5.41) is 11.3. The van der Waals surface area contributed by atoms with Gasteiger partial charge in [-0.3, -0.25) is 9.59 Å². The summed E-state index contributed by atoms with van der Waals surface area (Å²) < 4.78 is 1.86. The minimum atomic E-state index is -0.737. The molecule has 0 spiro atoms. The van der Waals surface area contributed by atoms with Crippen molar-refractivity contribution in [2.24, 2.45) is 7.05 Å². The van der Waals surface area contributed by atoms with Crippen LogP contribution in [0.15, 0.2) is 36.7 Å². The minimum Gasteiger partial charge on any atom is -0.334 e. The van der Waals surface area contributed by atoms with Crippen LogP contribution in [0.25, 0.3) is 11.4 Å². The first-order valence-corrected chi connectivity index (χ1v) is 7.47. The number of nitriles is 1. The molecule has 7 heteroatoms. The fraction of sp³-hybridized carbons (Fsp3) is 0.294. The Labute approximate surface area is 140 Å². The van der Waals surface area contributed by atoms with E-state index < -0.39 is 11.8 Å². The molecule has 2 rings (SSSR count). The Balaban J connectivity index is 2.11. The molecule has 0 radical (unpaired) electrons. The Morgan fingerprint density at radius 1 is 1.46 bits per heavy atom. The standard InChI is InChI=1S/C17H19N5O2/c1-12(7-8-18)22(3)17(24)16(23)20-14-6-4-5-13(11-14)15-19-9-10-21(15)2/h4-6,9-12H,7H2,1-3H3,(H,20,23). The molecule has 7 nitrogen and oxygen atoms in total. The number of imidazole rings is 1. The van der Waals surface area contributed by atoms with Gasteiger partial charge < -0.3 is 14.8 Å². The lowest BCUT2D eigenvalue weighted by atomic mass is 10.2. The number of hydrogen-bond acceptors (Lipinski definition) is 4. The second-order valence-electron chi connectivity index (χ2n) is 5.52. The maximum absolute atomic E-state index is 12.1. The van der Waals surface area contributed by atoms with Crippen LogP contribution in [0.3, 0.4) is 0 Å². The molecule has 0 saturated carbocycles. The van der Waals surface area contributed by atoms with Gasteiger partial charge in [-0.2, -0.15) is 5.26 Å². The molecule has 0 saturated heterocycles. The van der Waals surface area contributed by atoms with Crippen molar-refractivity contribution in [3.8, 4) is 17.5 Å². The van der Waals surface area contributed by atoms with Gasteiger partial charge >= 0.3 is 11.8 Å². The number of hydrogen-bond donors (Lipinski definition) is 1. The van der Waals surface area contributed by atoms with E-state index in [1.807, 2.05) is 29.9 Å². The highest BCUT2D eigenvalue weighted by Gasteiger charge is 2.22. The van der Waals surface area contributed by atoms with Gasteiger partial charge in [-0.15, -0.1) is 0 Å². The highest BCUT2D eigenvalue weighted by molar-refractivity contribution is 6.39. The number of nitrogens with zero attached hydrogens (tertiary/aromatic N) is 4. The van der Waals surface area contributed by atoms with E-state index in [1.54, 1.807) is 31.3 Å². The van der Waals surface area contributed by atoms with Crippen LogP contribution < -0.4 is 5.32 Å². The van der Waals surface area contributed by atoms with Crippen molar-refractivity contribution >= 4 is 17.5 Å². The second kappa shape index (κ2) is 7.42. The average Bonchev–Trinajstić information content (AvgIpc) is 3.00. The van der Waals surface area contributed by atoms with Crippen LogP contribution in [0.2, 0.25) is 0 Å². The summed E-state index contributed by atoms with van der Waals surface area (Å²) in [7, 11) is 3.39. The Kier molecular flexibility index (Phi) is 5.32. The molecule has 0 bridgehead atoms. The highest BCUT2D eigenvalue weighted by Crippen LogP contribution is 2.20. The van der Waals surface area contributed by atoms with E-state index in [-0.39, 0.29) is 12.5 Å². The monoisotopic (exact) mass is 325 g/mol. The number of anilines is 1. The maximum Gasteiger partial charge on any atom is 0.313 e. The number of carbonyl (C=O) groups excluding carboxylic acids is 2. The Morgan fingerprint density at radius 2 is 2.21 bits per heavy atom. The normalized spacial score (nSPS) is 11.4. The van der Waals surface area contributed by atoms with Gasteiger partial charge in [0.15, 0.2) is 0 Å². The summed E-state index contributed by atoms with van der Waals surface area (Å²) in [4.78, 5) is 29.8. The predicted molar refractivity (Wildman–Crippen MR) is 89.7 cm³/mol. The van der Waals surface area contributed by atoms with Gasteiger partial charge in [0.1, 0.15) is 5.82 Å². The lowest BCUT2D eigenvalue weighted by molar-refractivity contribution is -0.143. The molecule has 1 heterocycles. The summed E-state index contributed by atoms with van der Waals surface area (Å²) in [6, 6.07) is 8.78. The third-order valence-electron chi connectivity index (χ3n) is 3.76. The van der Waals surface area contributed by atoms with Crippen molar-refractivity contribution in [1.29, 1.82) is 5.26 Å². The molecular weight excluding hydrogens is 306 g/mol. The minimum absolute atomic E-state index is 0.171. The summed E-state index contributed by atoms with van der Waals surface area (Å²) >= 11 is 0. The van der Waals surface area contributed by atoms with E-state index >= 15 is 0 Å². The SMILES string of the molecule is CC(CC#N)N(C)C(=O)C(=O)Nc1cccc(-c2nccn2C)c1. The Morgan fingerprint density at radius 3 is 2.83 bits per heavy atom. The van der Waals surface area contributed by atoms with Crippen molar-refractivity contribution in [1.82, 2.24) is 14.5 Å². The number of likely N-dealkylation sites (N-methyl/N-ethyl adjacent to an activating group) is 1. The van der Waals surface area contributed by atoms with Crippen LogP contribution in [-0.2, 0) is 16.6 Å². The number of carbonyl (C=O) groups is 2. The zero-order valence-corrected chi connectivity index (χ0v) is 13.9. The molecule has 24 heavy (non-hydrogen) atoms. The first-order valence-electron chi connectivity index (χ1n) is 7.47. The molecule has 1 N–H and O–H groups in total. The molecule has 2 aromatic rings. The summed E-state index contributed by atoms with van der Waals surface area (Å²) in [6.45, 7) is 1.72. The zero-order valence-electron chi connectivity index (χ0n) is 13.9. The van der Waals surface area contributed by atoms with Gasteiger partial charge in [-0.1, -0.05) is 12.1 Å². The van der Waals surface area contributed by atoms with E-state index in [4.69, 9.17) is 5.26 Å². The number of nitrogens with one attached hydrogen (secondary N) is 1. The molecule has 1 aromatic carbocycles. The van der Waals surface area contributed by atoms with Crippen molar-refractivity contribution in [3.63, 3.8) is 0 Å².